The summed E-state index contributed by atoms with van der Waals surface area (Å²) < 4.78 is 1.30. The van der Waals surface area contributed by atoms with E-state index in [4.69, 9.17) is 0 Å². The predicted octanol–water partition coefficient (Wildman–Crippen LogP) is 5.22. The largest absolute Gasteiger partial charge is 0.0864 e. The first kappa shape index (κ1) is 12.9. The van der Waals surface area contributed by atoms with Crippen LogP contribution in [0, 0.1) is 23.2 Å². The van der Waals surface area contributed by atoms with Crippen molar-refractivity contribution in [1.82, 2.24) is 0 Å². The van der Waals surface area contributed by atoms with Crippen LogP contribution in [0.15, 0.2) is 11.6 Å². The molecule has 2 aliphatic carbocycles. The minimum atomic E-state index is 0.558. The van der Waals surface area contributed by atoms with Crippen LogP contribution < -0.4 is 0 Å². The van der Waals surface area contributed by atoms with Crippen LogP contribution in [0.25, 0.3) is 0 Å². The molecule has 1 heteroatoms. The molecule has 0 spiro atoms. The summed E-state index contributed by atoms with van der Waals surface area (Å²) >= 11 is 2.52. The highest BCUT2D eigenvalue weighted by atomic mass is 127. The first-order valence-corrected chi connectivity index (χ1v) is 8.38. The standard InChI is InChI=1S/C15H25I/c1-11-5-4-9-15(3)13(11)6-7-14(15)12(2)8-10-16/h7,11-13H,4-6,8-10H2,1-3H3/t11?,12-,13?,15+/m1/s1. The Morgan fingerprint density at radius 3 is 3.00 bits per heavy atom. The highest BCUT2D eigenvalue weighted by Gasteiger charge is 2.46. The summed E-state index contributed by atoms with van der Waals surface area (Å²) in [5.74, 6) is 2.71. The van der Waals surface area contributed by atoms with Gasteiger partial charge in [0.1, 0.15) is 0 Å². The molecule has 0 aromatic rings. The third kappa shape index (κ3) is 2.09. The number of rotatable bonds is 3. The van der Waals surface area contributed by atoms with E-state index in [9.17, 15) is 0 Å². The molecule has 16 heavy (non-hydrogen) atoms. The van der Waals surface area contributed by atoms with Gasteiger partial charge in [-0.1, -0.05) is 67.9 Å². The van der Waals surface area contributed by atoms with Crippen molar-refractivity contribution in [2.75, 3.05) is 4.43 Å². The van der Waals surface area contributed by atoms with Crippen LogP contribution in [0.3, 0.4) is 0 Å². The Balaban J connectivity index is 2.16. The van der Waals surface area contributed by atoms with E-state index in [0.29, 0.717) is 5.41 Å². The molecule has 1 fully saturated rings. The summed E-state index contributed by atoms with van der Waals surface area (Å²) in [6, 6.07) is 0. The van der Waals surface area contributed by atoms with Gasteiger partial charge in [-0.2, -0.15) is 0 Å². The lowest BCUT2D eigenvalue weighted by Crippen LogP contribution is -2.35. The molecule has 0 nitrogen and oxygen atoms in total. The monoisotopic (exact) mass is 332 g/mol. The Labute approximate surface area is 114 Å². The molecular weight excluding hydrogens is 307 g/mol. The van der Waals surface area contributed by atoms with Crippen LogP contribution in [0.1, 0.15) is 52.9 Å². The fourth-order valence-electron chi connectivity index (χ4n) is 4.23. The summed E-state index contributed by atoms with van der Waals surface area (Å²) in [4.78, 5) is 0. The summed E-state index contributed by atoms with van der Waals surface area (Å²) in [5, 5.41) is 0. The molecule has 0 aromatic heterocycles. The van der Waals surface area contributed by atoms with Crippen molar-refractivity contribution in [3.05, 3.63) is 11.6 Å². The molecule has 0 radical (unpaired) electrons. The van der Waals surface area contributed by atoms with E-state index in [1.54, 1.807) is 5.57 Å². The molecule has 2 aliphatic rings. The Morgan fingerprint density at radius 1 is 1.56 bits per heavy atom. The Bertz CT molecular complexity index is 281. The maximum absolute atomic E-state index is 2.60. The first-order chi connectivity index (χ1) is 7.59. The second-order valence-electron chi connectivity index (χ2n) is 6.17. The van der Waals surface area contributed by atoms with Crippen LogP contribution in [0.2, 0.25) is 0 Å². The van der Waals surface area contributed by atoms with Crippen LogP contribution in [-0.2, 0) is 0 Å². The first-order valence-electron chi connectivity index (χ1n) is 6.86. The van der Waals surface area contributed by atoms with Gasteiger partial charge < -0.3 is 0 Å². The van der Waals surface area contributed by atoms with E-state index in [1.807, 2.05) is 0 Å². The molecule has 0 aliphatic heterocycles. The number of hydrogen-bond acceptors (Lipinski definition) is 0. The second kappa shape index (κ2) is 4.99. The molecule has 0 bridgehead atoms. The molecule has 2 unspecified atom stereocenters. The summed E-state index contributed by atoms with van der Waals surface area (Å²) in [6.07, 6.45) is 9.68. The van der Waals surface area contributed by atoms with Gasteiger partial charge in [0.2, 0.25) is 0 Å². The molecular formula is C15H25I. The lowest BCUT2D eigenvalue weighted by atomic mass is 9.60. The summed E-state index contributed by atoms with van der Waals surface area (Å²) in [7, 11) is 0. The highest BCUT2D eigenvalue weighted by molar-refractivity contribution is 14.1. The molecule has 0 aromatic carbocycles. The van der Waals surface area contributed by atoms with Crippen LogP contribution in [0.4, 0.5) is 0 Å². The van der Waals surface area contributed by atoms with Crippen molar-refractivity contribution >= 4 is 22.6 Å². The summed E-state index contributed by atoms with van der Waals surface area (Å²) in [5.41, 5.74) is 2.36. The average molecular weight is 332 g/mol. The van der Waals surface area contributed by atoms with Gasteiger partial charge in [-0.05, 0) is 42.4 Å². The van der Waals surface area contributed by atoms with E-state index in [2.05, 4.69) is 49.4 Å². The molecule has 0 amide bonds. The van der Waals surface area contributed by atoms with Gasteiger partial charge in [0, 0.05) is 4.43 Å². The molecule has 0 N–H and O–H groups in total. The SMILES string of the molecule is CC1CCC[C@]2(C)C([C@H](C)CCI)=CCC12. The van der Waals surface area contributed by atoms with E-state index in [0.717, 1.165) is 17.8 Å². The van der Waals surface area contributed by atoms with Gasteiger partial charge in [-0.25, -0.2) is 0 Å². The maximum Gasteiger partial charge on any atom is 0.0000875 e. The number of fused-ring (bicyclic) bond motifs is 1. The molecule has 1 saturated carbocycles. The Kier molecular flexibility index (Phi) is 4.03. The van der Waals surface area contributed by atoms with Gasteiger partial charge in [-0.15, -0.1) is 0 Å². The zero-order valence-corrected chi connectivity index (χ0v) is 13.1. The lowest BCUT2D eigenvalue weighted by Gasteiger charge is -2.44. The number of allylic oxidation sites excluding steroid dienone is 2. The third-order valence-corrected chi connectivity index (χ3v) is 5.81. The zero-order valence-electron chi connectivity index (χ0n) is 10.9. The van der Waals surface area contributed by atoms with E-state index in [1.165, 1.54) is 36.5 Å². The Hall–Kier alpha value is 0.470. The smallest absolute Gasteiger partial charge is 0.0000875 e. The predicted molar refractivity (Wildman–Crippen MR) is 80.0 cm³/mol. The highest BCUT2D eigenvalue weighted by Crippen LogP contribution is 2.56. The third-order valence-electron chi connectivity index (χ3n) is 5.19. The van der Waals surface area contributed by atoms with Crippen molar-refractivity contribution in [2.24, 2.45) is 23.2 Å². The quantitative estimate of drug-likeness (QED) is 0.378. The maximum atomic E-state index is 2.60. The molecule has 0 saturated heterocycles. The van der Waals surface area contributed by atoms with E-state index < -0.39 is 0 Å². The van der Waals surface area contributed by atoms with Crippen molar-refractivity contribution in [3.8, 4) is 0 Å². The second-order valence-corrected chi connectivity index (χ2v) is 7.25. The summed E-state index contributed by atoms with van der Waals surface area (Å²) in [6.45, 7) is 7.47. The van der Waals surface area contributed by atoms with Crippen LogP contribution in [0.5, 0.6) is 0 Å². The minimum Gasteiger partial charge on any atom is -0.0864 e. The van der Waals surface area contributed by atoms with Crippen molar-refractivity contribution in [1.29, 1.82) is 0 Å². The normalized spacial score (nSPS) is 40.4. The van der Waals surface area contributed by atoms with E-state index in [-0.39, 0.29) is 0 Å². The van der Waals surface area contributed by atoms with Crippen LogP contribution in [-0.4, -0.2) is 4.43 Å². The van der Waals surface area contributed by atoms with Gasteiger partial charge in [0.25, 0.3) is 0 Å². The zero-order chi connectivity index (χ0) is 11.8. The lowest BCUT2D eigenvalue weighted by molar-refractivity contribution is 0.110. The fourth-order valence-corrected chi connectivity index (χ4v) is 5.16. The van der Waals surface area contributed by atoms with Gasteiger partial charge in [0.15, 0.2) is 0 Å². The number of alkyl halides is 1. The number of hydrogen-bond donors (Lipinski definition) is 0. The molecule has 92 valence electrons. The average Bonchev–Trinajstić information content (AvgIpc) is 2.57. The van der Waals surface area contributed by atoms with Crippen molar-refractivity contribution in [2.45, 2.75) is 52.9 Å². The fraction of sp³-hybridized carbons (Fsp3) is 0.867. The van der Waals surface area contributed by atoms with Gasteiger partial charge >= 0.3 is 0 Å². The number of halogens is 1. The van der Waals surface area contributed by atoms with E-state index >= 15 is 0 Å². The van der Waals surface area contributed by atoms with Gasteiger partial charge in [-0.3, -0.25) is 0 Å². The van der Waals surface area contributed by atoms with Gasteiger partial charge in [0.05, 0.1) is 0 Å². The molecule has 2 rings (SSSR count). The van der Waals surface area contributed by atoms with Crippen LogP contribution >= 0.6 is 22.6 Å². The Morgan fingerprint density at radius 2 is 2.31 bits per heavy atom. The molecule has 4 atom stereocenters. The minimum absolute atomic E-state index is 0.558. The molecule has 0 heterocycles. The van der Waals surface area contributed by atoms with Crippen molar-refractivity contribution in [3.63, 3.8) is 0 Å². The topological polar surface area (TPSA) is 0 Å². The van der Waals surface area contributed by atoms with Crippen molar-refractivity contribution < 1.29 is 0 Å².